The quantitative estimate of drug-likeness (QED) is 0.645. The zero-order chi connectivity index (χ0) is 20.0. The van der Waals surface area contributed by atoms with Gasteiger partial charge in [-0.1, -0.05) is 19.9 Å². The standard InChI is InChI=1S/C21H32N4O2/c1-7-13-27-16(3)20-22-19(23-25(20)14-21(4,5)15-26)17-9-11-18(12-10-17)24(6)8-2/h7,9-12,16,26H,1,8,13-15H2,2-6H3. The Morgan fingerprint density at radius 2 is 2.00 bits per heavy atom. The zero-order valence-electron chi connectivity index (χ0n) is 17.1. The van der Waals surface area contributed by atoms with E-state index in [1.54, 1.807) is 6.08 Å². The third-order valence-electron chi connectivity index (χ3n) is 4.57. The summed E-state index contributed by atoms with van der Waals surface area (Å²) in [4.78, 5) is 6.92. The molecule has 0 saturated carbocycles. The Kier molecular flexibility index (Phi) is 7.16. The van der Waals surface area contributed by atoms with Crippen LogP contribution in [0, 0.1) is 5.41 Å². The van der Waals surface area contributed by atoms with Gasteiger partial charge in [-0.2, -0.15) is 5.10 Å². The first-order chi connectivity index (χ1) is 12.8. The zero-order valence-corrected chi connectivity index (χ0v) is 17.1. The fourth-order valence-electron chi connectivity index (χ4n) is 2.68. The molecule has 148 valence electrons. The van der Waals surface area contributed by atoms with Crippen molar-refractivity contribution >= 4 is 5.69 Å². The molecule has 0 spiro atoms. The number of ether oxygens (including phenoxy) is 1. The van der Waals surface area contributed by atoms with Crippen molar-refractivity contribution in [2.45, 2.75) is 40.3 Å². The molecule has 0 radical (unpaired) electrons. The number of hydrogen-bond donors (Lipinski definition) is 1. The van der Waals surface area contributed by atoms with Crippen LogP contribution in [0.15, 0.2) is 36.9 Å². The highest BCUT2D eigenvalue weighted by molar-refractivity contribution is 5.60. The molecular weight excluding hydrogens is 340 g/mol. The van der Waals surface area contributed by atoms with E-state index in [1.807, 2.05) is 37.6 Å². The summed E-state index contributed by atoms with van der Waals surface area (Å²) in [5.41, 5.74) is 1.82. The molecular formula is C21H32N4O2. The van der Waals surface area contributed by atoms with Crippen LogP contribution in [0.1, 0.15) is 39.6 Å². The highest BCUT2D eigenvalue weighted by Crippen LogP contribution is 2.26. The summed E-state index contributed by atoms with van der Waals surface area (Å²) in [6, 6.07) is 8.23. The van der Waals surface area contributed by atoms with Gasteiger partial charge in [-0.05, 0) is 38.1 Å². The first kappa shape index (κ1) is 21.1. The topological polar surface area (TPSA) is 63.4 Å². The lowest BCUT2D eigenvalue weighted by molar-refractivity contribution is 0.0726. The molecule has 0 amide bonds. The Morgan fingerprint density at radius 3 is 2.56 bits per heavy atom. The van der Waals surface area contributed by atoms with Gasteiger partial charge in [0.05, 0.1) is 13.2 Å². The van der Waals surface area contributed by atoms with Gasteiger partial charge in [-0.25, -0.2) is 9.67 Å². The van der Waals surface area contributed by atoms with E-state index in [4.69, 9.17) is 14.8 Å². The summed E-state index contributed by atoms with van der Waals surface area (Å²) >= 11 is 0. The number of rotatable bonds is 10. The van der Waals surface area contributed by atoms with Crippen molar-refractivity contribution < 1.29 is 9.84 Å². The van der Waals surface area contributed by atoms with E-state index >= 15 is 0 Å². The average Bonchev–Trinajstić information content (AvgIpc) is 3.08. The van der Waals surface area contributed by atoms with Gasteiger partial charge in [-0.3, -0.25) is 0 Å². The number of hydrogen-bond acceptors (Lipinski definition) is 5. The molecule has 1 unspecified atom stereocenters. The summed E-state index contributed by atoms with van der Waals surface area (Å²) in [5, 5.41) is 14.4. The van der Waals surface area contributed by atoms with E-state index in [9.17, 15) is 5.11 Å². The lowest BCUT2D eigenvalue weighted by Gasteiger charge is -2.23. The van der Waals surface area contributed by atoms with Crippen LogP contribution in [0.5, 0.6) is 0 Å². The first-order valence-electron chi connectivity index (χ1n) is 9.41. The second-order valence-corrected chi connectivity index (χ2v) is 7.60. The molecule has 6 nitrogen and oxygen atoms in total. The summed E-state index contributed by atoms with van der Waals surface area (Å²) < 4.78 is 7.62. The van der Waals surface area contributed by atoms with Crippen LogP contribution in [0.25, 0.3) is 11.4 Å². The number of nitrogens with zero attached hydrogens (tertiary/aromatic N) is 4. The molecule has 1 aromatic heterocycles. The number of aromatic nitrogens is 3. The van der Waals surface area contributed by atoms with Crippen molar-refractivity contribution in [3.05, 3.63) is 42.7 Å². The summed E-state index contributed by atoms with van der Waals surface area (Å²) in [6.45, 7) is 13.8. The molecule has 0 fully saturated rings. The minimum atomic E-state index is -0.300. The van der Waals surface area contributed by atoms with Crippen LogP contribution in [0.3, 0.4) is 0 Å². The maximum absolute atomic E-state index is 9.65. The van der Waals surface area contributed by atoms with Gasteiger partial charge >= 0.3 is 0 Å². The van der Waals surface area contributed by atoms with E-state index in [-0.39, 0.29) is 18.1 Å². The molecule has 0 aliphatic carbocycles. The smallest absolute Gasteiger partial charge is 0.181 e. The minimum absolute atomic E-state index is 0.0710. The van der Waals surface area contributed by atoms with Gasteiger partial charge < -0.3 is 14.7 Å². The van der Waals surface area contributed by atoms with Crippen LogP contribution in [0.2, 0.25) is 0 Å². The minimum Gasteiger partial charge on any atom is -0.396 e. The lowest BCUT2D eigenvalue weighted by Crippen LogP contribution is -2.26. The third-order valence-corrected chi connectivity index (χ3v) is 4.57. The largest absolute Gasteiger partial charge is 0.396 e. The highest BCUT2D eigenvalue weighted by atomic mass is 16.5. The molecule has 0 bridgehead atoms. The Bertz CT molecular complexity index is 737. The van der Waals surface area contributed by atoms with Gasteiger partial charge in [0.1, 0.15) is 6.10 Å². The van der Waals surface area contributed by atoms with Crippen molar-refractivity contribution in [2.75, 3.05) is 31.7 Å². The Balaban J connectivity index is 2.36. The average molecular weight is 373 g/mol. The second-order valence-electron chi connectivity index (χ2n) is 7.60. The Morgan fingerprint density at radius 1 is 1.33 bits per heavy atom. The van der Waals surface area contributed by atoms with Crippen molar-refractivity contribution in [1.82, 2.24) is 14.8 Å². The van der Waals surface area contributed by atoms with Crippen LogP contribution >= 0.6 is 0 Å². The fourth-order valence-corrected chi connectivity index (χ4v) is 2.68. The number of anilines is 1. The monoisotopic (exact) mass is 372 g/mol. The molecule has 2 aromatic rings. The lowest BCUT2D eigenvalue weighted by atomic mass is 9.95. The van der Waals surface area contributed by atoms with Crippen LogP contribution in [0.4, 0.5) is 5.69 Å². The van der Waals surface area contributed by atoms with E-state index < -0.39 is 0 Å². The summed E-state index contributed by atoms with van der Waals surface area (Å²) in [6.07, 6.45) is 1.50. The van der Waals surface area contributed by atoms with Crippen molar-refractivity contribution in [2.24, 2.45) is 5.41 Å². The van der Waals surface area contributed by atoms with Crippen molar-refractivity contribution in [3.63, 3.8) is 0 Å². The van der Waals surface area contributed by atoms with E-state index in [0.29, 0.717) is 19.0 Å². The molecule has 2 rings (SSSR count). The molecule has 1 aromatic carbocycles. The SMILES string of the molecule is C=CCOC(C)c1nc(-c2ccc(N(C)CC)cc2)nn1CC(C)(C)CO. The molecule has 0 aliphatic heterocycles. The molecule has 6 heteroatoms. The van der Waals surface area contributed by atoms with Crippen LogP contribution < -0.4 is 4.90 Å². The van der Waals surface area contributed by atoms with E-state index in [1.165, 1.54) is 0 Å². The second kappa shape index (κ2) is 9.15. The van der Waals surface area contributed by atoms with Crippen LogP contribution in [-0.4, -0.2) is 46.7 Å². The first-order valence-corrected chi connectivity index (χ1v) is 9.41. The predicted octanol–water partition coefficient (Wildman–Crippen LogP) is 3.68. The molecule has 0 saturated heterocycles. The maximum Gasteiger partial charge on any atom is 0.181 e. The highest BCUT2D eigenvalue weighted by Gasteiger charge is 2.24. The molecule has 27 heavy (non-hydrogen) atoms. The van der Waals surface area contributed by atoms with Gasteiger partial charge in [0, 0.05) is 36.9 Å². The van der Waals surface area contributed by atoms with Crippen LogP contribution in [-0.2, 0) is 11.3 Å². The van der Waals surface area contributed by atoms with E-state index in [0.717, 1.165) is 23.6 Å². The predicted molar refractivity (Wildman–Crippen MR) is 110 cm³/mol. The summed E-state index contributed by atoms with van der Waals surface area (Å²) in [7, 11) is 2.07. The fraction of sp³-hybridized carbons (Fsp3) is 0.524. The molecule has 0 aliphatic rings. The maximum atomic E-state index is 9.65. The normalized spacial score (nSPS) is 12.8. The molecule has 1 N–H and O–H groups in total. The van der Waals surface area contributed by atoms with Crippen molar-refractivity contribution in [3.8, 4) is 11.4 Å². The van der Waals surface area contributed by atoms with Crippen molar-refractivity contribution in [1.29, 1.82) is 0 Å². The van der Waals surface area contributed by atoms with Gasteiger partial charge in [0.25, 0.3) is 0 Å². The number of aliphatic hydroxyl groups is 1. The van der Waals surface area contributed by atoms with Gasteiger partial charge in [0.2, 0.25) is 0 Å². The Labute approximate surface area is 162 Å². The molecule has 1 atom stereocenters. The van der Waals surface area contributed by atoms with Gasteiger partial charge in [0.15, 0.2) is 11.6 Å². The van der Waals surface area contributed by atoms with Gasteiger partial charge in [-0.15, -0.1) is 6.58 Å². The number of benzene rings is 1. The summed E-state index contributed by atoms with van der Waals surface area (Å²) in [5.74, 6) is 1.42. The molecule has 1 heterocycles. The Hall–Kier alpha value is -2.18. The number of aliphatic hydroxyl groups excluding tert-OH is 1. The van der Waals surface area contributed by atoms with E-state index in [2.05, 4.69) is 37.6 Å². The third kappa shape index (κ3) is 5.40.